The van der Waals surface area contributed by atoms with Crippen LogP contribution in [0.25, 0.3) is 0 Å². The first-order valence-corrected chi connectivity index (χ1v) is 6.03. The second kappa shape index (κ2) is 14.9. The van der Waals surface area contributed by atoms with Crippen LogP contribution in [0.15, 0.2) is 24.3 Å². The van der Waals surface area contributed by atoms with E-state index in [0.717, 1.165) is 5.92 Å². The summed E-state index contributed by atoms with van der Waals surface area (Å²) in [6.07, 6.45) is 1.23. The molecule has 1 rings (SSSR count). The molecular formula is C17H32Ru. The largest absolute Gasteiger partial charge is 2.00 e. The van der Waals surface area contributed by atoms with Gasteiger partial charge in [-0.25, -0.2) is 0 Å². The van der Waals surface area contributed by atoms with Crippen LogP contribution in [0.1, 0.15) is 58.1 Å². The van der Waals surface area contributed by atoms with Gasteiger partial charge in [0.15, 0.2) is 0 Å². The van der Waals surface area contributed by atoms with E-state index >= 15 is 0 Å². The zero-order valence-corrected chi connectivity index (χ0v) is 15.3. The molecule has 0 bridgehead atoms. The van der Waals surface area contributed by atoms with Gasteiger partial charge in [-0.1, -0.05) is 64.4 Å². The molecule has 0 heterocycles. The minimum atomic E-state index is 0. The maximum atomic E-state index is 2.27. The van der Waals surface area contributed by atoms with Crippen molar-refractivity contribution in [3.05, 3.63) is 50.2 Å². The van der Waals surface area contributed by atoms with E-state index in [-0.39, 0.29) is 34.3 Å². The topological polar surface area (TPSA) is 0 Å². The summed E-state index contributed by atoms with van der Waals surface area (Å²) >= 11 is 0. The van der Waals surface area contributed by atoms with Crippen molar-refractivity contribution in [2.75, 3.05) is 0 Å². The number of rotatable bonds is 2. The van der Waals surface area contributed by atoms with Crippen LogP contribution in [0, 0.1) is 27.7 Å². The Balaban J connectivity index is -0.000000125. The molecule has 0 nitrogen and oxygen atoms in total. The summed E-state index contributed by atoms with van der Waals surface area (Å²) in [5.74, 6) is 1.54. The number of hydrogen-bond acceptors (Lipinski definition) is 0. The molecule has 0 aromatic heterocycles. The Kier molecular flexibility index (Phi) is 21.9. The van der Waals surface area contributed by atoms with Crippen molar-refractivity contribution in [1.82, 2.24) is 0 Å². The van der Waals surface area contributed by atoms with Crippen molar-refractivity contribution >= 4 is 0 Å². The molecule has 1 aromatic rings. The summed E-state index contributed by atoms with van der Waals surface area (Å²) < 4.78 is 0. The molecule has 1 atom stereocenters. The van der Waals surface area contributed by atoms with E-state index in [4.69, 9.17) is 0 Å². The molecule has 1 unspecified atom stereocenters. The molecule has 1 aromatic carbocycles. The minimum Gasteiger partial charge on any atom is -0.358 e. The minimum absolute atomic E-state index is 0. The van der Waals surface area contributed by atoms with Gasteiger partial charge in [0.05, 0.1) is 0 Å². The van der Waals surface area contributed by atoms with Crippen molar-refractivity contribution in [2.24, 2.45) is 5.92 Å². The quantitative estimate of drug-likeness (QED) is 0.454. The second-order valence-corrected chi connectivity index (χ2v) is 4.95. The second-order valence-electron chi connectivity index (χ2n) is 4.95. The molecule has 0 amide bonds. The van der Waals surface area contributed by atoms with Gasteiger partial charge in [-0.15, -0.1) is 0 Å². The first-order chi connectivity index (χ1) is 6.97. The predicted molar refractivity (Wildman–Crippen MR) is 83.2 cm³/mol. The third-order valence-electron chi connectivity index (χ3n) is 2.26. The van der Waals surface area contributed by atoms with Crippen molar-refractivity contribution in [1.29, 1.82) is 0 Å². The Labute approximate surface area is 129 Å². The molecule has 0 fully saturated rings. The monoisotopic (exact) mass is 338 g/mol. The van der Waals surface area contributed by atoms with Crippen molar-refractivity contribution in [3.8, 4) is 0 Å². The summed E-state index contributed by atoms with van der Waals surface area (Å²) in [6, 6.07) is 8.82. The predicted octanol–water partition coefficient (Wildman–Crippen LogP) is 6.07. The van der Waals surface area contributed by atoms with Gasteiger partial charge in [-0.2, -0.15) is 0 Å². The third kappa shape index (κ3) is 13.9. The smallest absolute Gasteiger partial charge is 0.358 e. The molecule has 0 aliphatic rings. The summed E-state index contributed by atoms with van der Waals surface area (Å²) in [4.78, 5) is 0. The Morgan fingerprint density at radius 2 is 1.22 bits per heavy atom. The number of hydrogen-bond donors (Lipinski definition) is 0. The van der Waals surface area contributed by atoms with Crippen LogP contribution in [0.3, 0.4) is 0 Å². The van der Waals surface area contributed by atoms with Gasteiger partial charge < -0.3 is 14.9 Å². The van der Waals surface area contributed by atoms with E-state index in [2.05, 4.69) is 65.8 Å². The Morgan fingerprint density at radius 1 is 0.889 bits per heavy atom. The van der Waals surface area contributed by atoms with Crippen LogP contribution in [0.2, 0.25) is 0 Å². The maximum absolute atomic E-state index is 2.27. The van der Waals surface area contributed by atoms with Crippen molar-refractivity contribution in [3.63, 3.8) is 0 Å². The van der Waals surface area contributed by atoms with Crippen LogP contribution in [-0.4, -0.2) is 0 Å². The average molecular weight is 338 g/mol. The van der Waals surface area contributed by atoms with Gasteiger partial charge in [0.25, 0.3) is 0 Å². The molecule has 18 heavy (non-hydrogen) atoms. The van der Waals surface area contributed by atoms with Crippen LogP contribution in [0.5, 0.6) is 0 Å². The van der Waals surface area contributed by atoms with Gasteiger partial charge in [0, 0.05) is 0 Å². The molecule has 0 saturated heterocycles. The first kappa shape index (κ1) is 26.4. The van der Waals surface area contributed by atoms with E-state index in [1.165, 1.54) is 17.5 Å². The molecular weight excluding hydrogens is 305 g/mol. The van der Waals surface area contributed by atoms with Gasteiger partial charge in [0.2, 0.25) is 0 Å². The van der Waals surface area contributed by atoms with Gasteiger partial charge in [-0.05, 0) is 30.7 Å². The van der Waals surface area contributed by atoms with Gasteiger partial charge in [-0.3, -0.25) is 0 Å². The Hall–Kier alpha value is -0.157. The van der Waals surface area contributed by atoms with E-state index in [1.54, 1.807) is 0 Å². The molecule has 108 valence electrons. The Morgan fingerprint density at radius 3 is 1.50 bits per heavy atom. The fourth-order valence-electron chi connectivity index (χ4n) is 1.13. The van der Waals surface area contributed by atoms with Crippen LogP contribution < -0.4 is 0 Å². The zero-order valence-electron chi connectivity index (χ0n) is 13.5. The van der Waals surface area contributed by atoms with E-state index in [9.17, 15) is 0 Å². The van der Waals surface area contributed by atoms with E-state index < -0.39 is 0 Å². The van der Waals surface area contributed by atoms with Gasteiger partial charge >= 0.3 is 19.5 Å². The fourth-order valence-corrected chi connectivity index (χ4v) is 1.13. The van der Waals surface area contributed by atoms with Gasteiger partial charge in [0.1, 0.15) is 0 Å². The molecule has 0 spiro atoms. The van der Waals surface area contributed by atoms with Crippen molar-refractivity contribution < 1.29 is 19.5 Å². The normalized spacial score (nSPS) is 9.94. The molecule has 0 aliphatic carbocycles. The standard InChI is InChI=1S/C11H16.C4H10.2CH3.Ru/c1-4-10(3)11-7-5-9(2)6-8-11;1-4(2)3;;;/h5-8,10H,4H2,1-3H3;4H,1-3H3;2*1H3;/q;;2*-1;+2. The van der Waals surface area contributed by atoms with Crippen LogP contribution in [-0.2, 0) is 19.5 Å². The van der Waals surface area contributed by atoms with Crippen LogP contribution >= 0.6 is 0 Å². The SMILES string of the molecule is CC(C)C.CCC(C)c1ccc(C)cc1.[CH3-].[CH3-].[Ru+2]. The fraction of sp³-hybridized carbons (Fsp3) is 0.529. The molecule has 0 saturated carbocycles. The first-order valence-electron chi connectivity index (χ1n) is 6.03. The summed E-state index contributed by atoms with van der Waals surface area (Å²) in [5.41, 5.74) is 2.80. The molecule has 1 heteroatoms. The molecule has 0 aliphatic heterocycles. The number of benzene rings is 1. The van der Waals surface area contributed by atoms with Crippen LogP contribution in [0.4, 0.5) is 0 Å². The third-order valence-corrected chi connectivity index (χ3v) is 2.26. The molecule has 0 radical (unpaired) electrons. The summed E-state index contributed by atoms with van der Waals surface area (Å²) in [5, 5.41) is 0. The maximum Gasteiger partial charge on any atom is 2.00 e. The Bertz CT molecular complexity index is 246. The van der Waals surface area contributed by atoms with Crippen molar-refractivity contribution in [2.45, 2.75) is 53.9 Å². The summed E-state index contributed by atoms with van der Waals surface area (Å²) in [7, 11) is 0. The zero-order chi connectivity index (χ0) is 11.8. The average Bonchev–Trinajstić information content (AvgIpc) is 2.17. The number of aryl methyl sites for hydroxylation is 1. The van der Waals surface area contributed by atoms with E-state index in [0.29, 0.717) is 5.92 Å². The molecule has 0 N–H and O–H groups in total. The summed E-state index contributed by atoms with van der Waals surface area (Å²) in [6.45, 7) is 13.1. The van der Waals surface area contributed by atoms with E-state index in [1.807, 2.05) is 0 Å².